The van der Waals surface area contributed by atoms with E-state index in [2.05, 4.69) is 0 Å². The van der Waals surface area contributed by atoms with Gasteiger partial charge in [-0.15, -0.1) is 0 Å². The first-order valence-electron chi connectivity index (χ1n) is 0.865. The first-order chi connectivity index (χ1) is 2.24. The molecule has 0 saturated heterocycles. The minimum atomic E-state index is -7.50. The Morgan fingerprint density at radius 2 is 1.00 bits per heavy atom. The molecule has 0 amide bonds. The first-order valence-corrected chi connectivity index (χ1v) is 7.08. The monoisotopic (exact) mass is 266 g/mol. The topological polar surface area (TPSA) is 91.7 Å². The van der Waals surface area contributed by atoms with Gasteiger partial charge in [0.2, 0.25) is 0 Å². The van der Waals surface area contributed by atoms with Crippen LogP contribution in [0, 0.1) is 0 Å². The molecule has 0 unspecified atom stereocenters. The molecule has 0 spiro atoms. The number of hydrogen-bond donors (Lipinski definition) is 2. The Labute approximate surface area is 33.9 Å². The van der Waals surface area contributed by atoms with Gasteiger partial charge in [0.1, 0.15) is 0 Å². The van der Waals surface area contributed by atoms with E-state index >= 15 is 0 Å². The fourth-order valence-electron chi connectivity index (χ4n) is 0. The van der Waals surface area contributed by atoms with Gasteiger partial charge in [-0.3, -0.25) is 0 Å². The zero-order valence-corrected chi connectivity index (χ0v) is 5.46. The van der Waals surface area contributed by atoms with E-state index in [0.717, 1.165) is 0 Å². The third-order valence-corrected chi connectivity index (χ3v) is 0. The normalized spacial score (nSPS) is 14.5. The third-order valence-electron chi connectivity index (χ3n) is 0. The quantitative estimate of drug-likeness (QED) is 0.558. The summed E-state index contributed by atoms with van der Waals surface area (Å²) in [6.45, 7) is 0. The molecule has 0 heterocycles. The molecule has 0 aromatic rings. The number of hydrogen-bond acceptors (Lipinski definition) is 3. The molecule has 38 valence electrons. The maximum atomic E-state index is 8.89. The van der Waals surface area contributed by atoms with Gasteiger partial charge in [-0.1, -0.05) is 0 Å². The Morgan fingerprint density at radius 1 is 1.00 bits per heavy atom. The van der Waals surface area contributed by atoms with E-state index < -0.39 is 15.5 Å². The molecule has 2 N–H and O–H groups in total. The minimum absolute atomic E-state index is 7.08. The molecule has 5 nitrogen and oxygen atoms in total. The van der Waals surface area contributed by atoms with Crippen molar-refractivity contribution in [3.63, 3.8) is 0 Å². The second kappa shape index (κ2) is 0.803. The van der Waals surface area contributed by atoms with Crippen molar-refractivity contribution in [2.75, 3.05) is 0 Å². The molecule has 6 heteroatoms. The van der Waals surface area contributed by atoms with Crippen molar-refractivity contribution < 1.29 is 33.2 Å². The summed E-state index contributed by atoms with van der Waals surface area (Å²) in [5, 5.41) is 0. The van der Waals surface area contributed by atoms with Crippen LogP contribution in [0.25, 0.3) is 0 Å². The average molecular weight is 266 g/mol. The molecule has 0 aliphatic heterocycles. The van der Waals surface area contributed by atoms with Crippen molar-refractivity contribution in [2.45, 2.75) is 0 Å². The van der Waals surface area contributed by atoms with Gasteiger partial charge in [0.15, 0.2) is 0 Å². The van der Waals surface area contributed by atoms with Crippen molar-refractivity contribution in [1.82, 2.24) is 0 Å². The Balaban J connectivity index is 5.37. The van der Waals surface area contributed by atoms with Crippen molar-refractivity contribution in [1.29, 1.82) is 0 Å². The SMILES string of the molecule is [O]=[W](=[O])(=[O])([OH])[OH]. The van der Waals surface area contributed by atoms with Gasteiger partial charge in [-0.05, 0) is 0 Å². The molecule has 0 atom stereocenters. The van der Waals surface area contributed by atoms with E-state index in [1.807, 2.05) is 0 Å². The zero-order chi connectivity index (χ0) is 5.45. The van der Waals surface area contributed by atoms with E-state index in [4.69, 9.17) is 17.7 Å². The molecule has 0 radical (unpaired) electrons. The maximum absolute atomic E-state index is 8.89. The molecule has 0 fully saturated rings. The summed E-state index contributed by atoms with van der Waals surface area (Å²) in [5.41, 5.74) is 0. The van der Waals surface area contributed by atoms with Gasteiger partial charge in [0.05, 0.1) is 0 Å². The average Bonchev–Trinajstić information content (AvgIpc) is 0.650. The van der Waals surface area contributed by atoms with Crippen LogP contribution in [-0.2, 0) is 25.7 Å². The molecule has 0 aromatic carbocycles. The van der Waals surface area contributed by atoms with Crippen molar-refractivity contribution in [2.24, 2.45) is 0 Å². The van der Waals surface area contributed by atoms with Crippen LogP contribution in [0.3, 0.4) is 0 Å². The van der Waals surface area contributed by atoms with Crippen LogP contribution in [0.2, 0.25) is 0 Å². The second-order valence-electron chi connectivity index (χ2n) is 0.733. The van der Waals surface area contributed by atoms with Crippen LogP contribution in [0.5, 0.6) is 0 Å². The molecular formula is H2O5W. The fraction of sp³-hybridized carbons (Fsp3) is 0. The summed E-state index contributed by atoms with van der Waals surface area (Å²) >= 11 is -7.50. The second-order valence-corrected chi connectivity index (χ2v) is 6.00. The summed E-state index contributed by atoms with van der Waals surface area (Å²) in [6, 6.07) is 0. The van der Waals surface area contributed by atoms with Crippen LogP contribution in [0.4, 0.5) is 0 Å². The van der Waals surface area contributed by atoms with E-state index in [1.54, 1.807) is 0 Å². The van der Waals surface area contributed by atoms with Gasteiger partial charge < -0.3 is 0 Å². The first kappa shape index (κ1) is 6.01. The van der Waals surface area contributed by atoms with Gasteiger partial charge in [0, 0.05) is 0 Å². The van der Waals surface area contributed by atoms with Crippen molar-refractivity contribution in [3.05, 3.63) is 0 Å². The van der Waals surface area contributed by atoms with Crippen LogP contribution >= 0.6 is 0 Å². The van der Waals surface area contributed by atoms with Gasteiger partial charge >= 0.3 is 33.2 Å². The zero-order valence-electron chi connectivity index (χ0n) is 2.53. The van der Waals surface area contributed by atoms with Gasteiger partial charge in [-0.25, -0.2) is 0 Å². The van der Waals surface area contributed by atoms with E-state index in [9.17, 15) is 0 Å². The molecule has 0 aliphatic carbocycles. The van der Waals surface area contributed by atoms with Crippen LogP contribution in [0.1, 0.15) is 0 Å². The molecule has 0 aliphatic rings. The molecule has 0 bridgehead atoms. The summed E-state index contributed by atoms with van der Waals surface area (Å²) < 4.78 is 40.8. The van der Waals surface area contributed by atoms with E-state index in [1.165, 1.54) is 0 Å². The standard InChI is InChI=1S/2H2O.3O.W/h2*1H2;;;;/q;;;;;+2/p-2. The molecule has 0 rings (SSSR count). The van der Waals surface area contributed by atoms with Crippen molar-refractivity contribution >= 4 is 0 Å². The van der Waals surface area contributed by atoms with Gasteiger partial charge in [-0.2, -0.15) is 0 Å². The molecule has 0 saturated carbocycles. The number of rotatable bonds is 0. The summed E-state index contributed by atoms with van der Waals surface area (Å²) in [6.07, 6.45) is 0. The van der Waals surface area contributed by atoms with Crippen LogP contribution in [0.15, 0.2) is 0 Å². The Kier molecular flexibility index (Phi) is 0.804. The van der Waals surface area contributed by atoms with Crippen LogP contribution in [-0.4, -0.2) is 7.52 Å². The fourth-order valence-corrected chi connectivity index (χ4v) is 0. The summed E-state index contributed by atoms with van der Waals surface area (Å²) in [7, 11) is 0. The van der Waals surface area contributed by atoms with Gasteiger partial charge in [0.25, 0.3) is 0 Å². The molecule has 0 aromatic heterocycles. The summed E-state index contributed by atoms with van der Waals surface area (Å²) in [4.78, 5) is 0. The molecular weight excluding hydrogens is 264 g/mol. The summed E-state index contributed by atoms with van der Waals surface area (Å²) in [5.74, 6) is 0. The van der Waals surface area contributed by atoms with E-state index in [-0.39, 0.29) is 0 Å². The third kappa shape index (κ3) is 525000. The predicted octanol–water partition coefficient (Wildman–Crippen LogP) is -1.47. The molecule has 6 heavy (non-hydrogen) atoms. The Hall–Kier alpha value is 0.00831. The Bertz CT molecular complexity index is 182. The Morgan fingerprint density at radius 3 is 1.00 bits per heavy atom. The predicted molar refractivity (Wildman–Crippen MR) is 6.50 cm³/mol. The van der Waals surface area contributed by atoms with Crippen LogP contribution < -0.4 is 0 Å². The van der Waals surface area contributed by atoms with E-state index in [0.29, 0.717) is 0 Å². The van der Waals surface area contributed by atoms with Crippen molar-refractivity contribution in [3.8, 4) is 0 Å².